The summed E-state index contributed by atoms with van der Waals surface area (Å²) >= 11 is 13.1. The number of aromatic nitrogens is 2. The van der Waals surface area contributed by atoms with E-state index in [1.54, 1.807) is 28.0 Å². The van der Waals surface area contributed by atoms with E-state index in [1.807, 2.05) is 39.8 Å². The largest absolute Gasteiger partial charge is 0.444 e. The molecule has 2 aromatic carbocycles. The van der Waals surface area contributed by atoms with Crippen LogP contribution in [0.2, 0.25) is 10.0 Å². The van der Waals surface area contributed by atoms with Crippen molar-refractivity contribution in [2.24, 2.45) is 11.8 Å². The molecule has 3 saturated heterocycles. The number of carbonyl (C=O) groups excluding carboxylic acids is 2. The molecule has 2 aromatic heterocycles. The number of piperidine rings is 1. The Morgan fingerprint density at radius 1 is 1.15 bits per heavy atom. The number of alkyl halides is 1. The molecule has 9 nitrogen and oxygen atoms in total. The van der Waals surface area contributed by atoms with Gasteiger partial charge in [0.2, 0.25) is 0 Å². The maximum absolute atomic E-state index is 17.3. The van der Waals surface area contributed by atoms with Crippen molar-refractivity contribution in [3.63, 3.8) is 0 Å². The molecule has 1 N–H and O–H groups in total. The van der Waals surface area contributed by atoms with Gasteiger partial charge in [0.25, 0.3) is 5.91 Å². The second kappa shape index (κ2) is 12.3. The van der Waals surface area contributed by atoms with Gasteiger partial charge in [-0.25, -0.2) is 18.6 Å². The van der Waals surface area contributed by atoms with Gasteiger partial charge < -0.3 is 24.2 Å². The molecule has 3 aliphatic carbocycles. The van der Waals surface area contributed by atoms with Crippen LogP contribution in [0.3, 0.4) is 0 Å². The van der Waals surface area contributed by atoms with E-state index in [2.05, 4.69) is 10.6 Å². The normalized spacial score (nSPS) is 27.8. The monoisotopic (exact) mass is 775 g/mol. The number of amides is 2. The number of aliphatic hydroxyl groups excluding tert-OH is 1. The lowest BCUT2D eigenvalue weighted by Crippen LogP contribution is -2.49. The minimum absolute atomic E-state index is 0.0245. The number of nitrogens with zero attached hydrogens (tertiary/aromatic N) is 5. The van der Waals surface area contributed by atoms with Crippen molar-refractivity contribution in [2.75, 3.05) is 6.54 Å². The van der Waals surface area contributed by atoms with E-state index in [1.165, 1.54) is 0 Å². The molecule has 5 heterocycles. The molecule has 3 saturated carbocycles. The Hall–Kier alpha value is -3.98. The molecule has 4 bridgehead atoms. The summed E-state index contributed by atoms with van der Waals surface area (Å²) in [6.45, 7) is 7.76. The molecule has 3 aliphatic heterocycles. The Balaban J connectivity index is 1.31. The number of benzene rings is 2. The molecule has 13 heteroatoms. The van der Waals surface area contributed by atoms with Crippen LogP contribution in [-0.2, 0) is 16.0 Å². The van der Waals surface area contributed by atoms with Crippen molar-refractivity contribution in [1.29, 1.82) is 5.26 Å². The highest BCUT2D eigenvalue weighted by molar-refractivity contribution is 6.43. The van der Waals surface area contributed by atoms with Gasteiger partial charge in [-0.3, -0.25) is 4.79 Å². The number of fused-ring (bicyclic) bond motifs is 6. The summed E-state index contributed by atoms with van der Waals surface area (Å²) in [5.41, 5.74) is 0.621. The summed E-state index contributed by atoms with van der Waals surface area (Å²) < 4.78 is 41.0. The van der Waals surface area contributed by atoms with E-state index in [9.17, 15) is 20.0 Å². The fourth-order valence-corrected chi connectivity index (χ4v) is 10.4. The van der Waals surface area contributed by atoms with Gasteiger partial charge in [0.15, 0.2) is 11.5 Å². The van der Waals surface area contributed by atoms with Crippen molar-refractivity contribution in [1.82, 2.24) is 19.4 Å². The van der Waals surface area contributed by atoms with Crippen LogP contribution < -0.4 is 0 Å². The number of likely N-dealkylation sites (tertiary alicyclic amines) is 1. The predicted octanol–water partition coefficient (Wildman–Crippen LogP) is 8.77. The van der Waals surface area contributed by atoms with Crippen LogP contribution in [0.25, 0.3) is 32.9 Å². The quantitative estimate of drug-likeness (QED) is 0.210. The van der Waals surface area contributed by atoms with Gasteiger partial charge in [-0.2, -0.15) is 5.26 Å². The summed E-state index contributed by atoms with van der Waals surface area (Å²) in [7, 11) is 0. The average Bonchev–Trinajstić information content (AvgIpc) is 3.60. The number of carbonyl (C=O) groups is 2. The zero-order valence-electron chi connectivity index (χ0n) is 30.5. The molecule has 10 rings (SSSR count). The van der Waals surface area contributed by atoms with Gasteiger partial charge in [0.05, 0.1) is 45.9 Å². The van der Waals surface area contributed by atoms with Crippen LogP contribution in [-0.4, -0.2) is 72.5 Å². The van der Waals surface area contributed by atoms with Gasteiger partial charge in [-0.15, -0.1) is 0 Å². The van der Waals surface area contributed by atoms with Crippen molar-refractivity contribution >= 4 is 57.0 Å². The van der Waals surface area contributed by atoms with Crippen LogP contribution in [0, 0.1) is 35.9 Å². The first kappa shape index (κ1) is 35.7. The zero-order valence-corrected chi connectivity index (χ0v) is 32.0. The first-order valence-corrected chi connectivity index (χ1v) is 19.5. The predicted molar refractivity (Wildman–Crippen MR) is 200 cm³/mol. The van der Waals surface area contributed by atoms with E-state index in [0.717, 1.165) is 17.5 Å². The first-order valence-electron chi connectivity index (χ1n) is 18.8. The molecule has 0 spiro atoms. The molecule has 2 amide bonds. The SMILES string of the molecule is Cc1nc2c(F)c(-c3cccc(Cl)c3Cl)c(CCC#N)cc2c2c1cc([C@H]1[C@H]3C[C@H](C[C@@H]3O)N1C(=O)C1(F)CC1)n2[C@H]1[C@@H]2C[C@H]1N(C(=O)OC(C)(C)C)C2. The minimum atomic E-state index is -1.91. The molecular formula is C41H41Cl2F2N5O4. The molecule has 0 radical (unpaired) electrons. The Bertz CT molecular complexity index is 2330. The number of aryl methyl sites for hydroxylation is 2. The van der Waals surface area contributed by atoms with Crippen LogP contribution in [0.5, 0.6) is 0 Å². The van der Waals surface area contributed by atoms with E-state index >= 15 is 8.78 Å². The summed E-state index contributed by atoms with van der Waals surface area (Å²) in [4.78, 5) is 35.8. The number of pyridine rings is 1. The molecule has 0 unspecified atom stereocenters. The van der Waals surface area contributed by atoms with Crippen molar-refractivity contribution in [3.05, 3.63) is 63.1 Å². The molecule has 6 fully saturated rings. The highest BCUT2D eigenvalue weighted by Crippen LogP contribution is 2.58. The van der Waals surface area contributed by atoms with E-state index in [4.69, 9.17) is 32.9 Å². The van der Waals surface area contributed by atoms with Crippen molar-refractivity contribution in [2.45, 2.75) is 114 Å². The number of hydrogen-bond acceptors (Lipinski definition) is 6. The number of rotatable bonds is 6. The fraction of sp³-hybridized carbons (Fsp3) is 0.512. The molecular weight excluding hydrogens is 735 g/mol. The number of aliphatic hydroxyl groups is 1. The van der Waals surface area contributed by atoms with Gasteiger partial charge in [-0.1, -0.05) is 35.3 Å². The molecule has 6 aliphatic rings. The second-order valence-corrected chi connectivity index (χ2v) is 17.7. The van der Waals surface area contributed by atoms with E-state index < -0.39 is 41.2 Å². The summed E-state index contributed by atoms with van der Waals surface area (Å²) in [5.74, 6) is -1.45. The number of halogens is 4. The Labute approximate surface area is 321 Å². The first-order chi connectivity index (χ1) is 25.6. The highest BCUT2D eigenvalue weighted by atomic mass is 35.5. The molecule has 7 atom stereocenters. The topological polar surface area (TPSA) is 112 Å². The van der Waals surface area contributed by atoms with Crippen LogP contribution in [0.1, 0.15) is 88.3 Å². The number of ether oxygens (including phenoxy) is 1. The van der Waals surface area contributed by atoms with E-state index in [0.29, 0.717) is 47.1 Å². The standard InChI is InChI=1S/C41H41Cl2F2N5O4/c1-19-24-17-29(37-25-15-22(16-30(25)51)49(37)38(52)41(45)10-11-41)50(35-21-14-28(35)48(18-21)39(53)54-40(2,3)4)36(24)26-13-20(7-6-12-46)31(33(44)34(26)47-19)23-8-5-9-27(42)32(23)43/h5,8-9,13,17,21-22,25,28,30,35,37,51H,6-7,10-11,14-16,18H2,1-4H3/t21-,22-,25+,28-,30+,35+,37-/m1/s1. The Kier molecular flexibility index (Phi) is 8.11. The third kappa shape index (κ3) is 5.26. The lowest BCUT2D eigenvalue weighted by atomic mass is 9.79. The molecule has 4 aromatic rings. The van der Waals surface area contributed by atoms with Gasteiger partial charge in [0.1, 0.15) is 11.1 Å². The maximum atomic E-state index is 17.3. The summed E-state index contributed by atoms with van der Waals surface area (Å²) in [5, 5.41) is 22.7. The van der Waals surface area contributed by atoms with Crippen LogP contribution >= 0.6 is 23.2 Å². The minimum Gasteiger partial charge on any atom is -0.444 e. The van der Waals surface area contributed by atoms with E-state index in [-0.39, 0.29) is 76.8 Å². The van der Waals surface area contributed by atoms with Gasteiger partial charge >= 0.3 is 6.09 Å². The third-order valence-electron chi connectivity index (χ3n) is 12.5. The molecule has 54 heavy (non-hydrogen) atoms. The van der Waals surface area contributed by atoms with Gasteiger partial charge in [0, 0.05) is 64.1 Å². The summed E-state index contributed by atoms with van der Waals surface area (Å²) in [6.07, 6.45) is 1.27. The molecule has 282 valence electrons. The van der Waals surface area contributed by atoms with Gasteiger partial charge in [-0.05, 0) is 90.0 Å². The fourth-order valence-electron chi connectivity index (χ4n) is 9.96. The smallest absolute Gasteiger partial charge is 0.410 e. The maximum Gasteiger partial charge on any atom is 0.410 e. The van der Waals surface area contributed by atoms with Crippen LogP contribution in [0.4, 0.5) is 13.6 Å². The highest BCUT2D eigenvalue weighted by Gasteiger charge is 2.63. The lowest BCUT2D eigenvalue weighted by Gasteiger charge is -2.43. The zero-order chi connectivity index (χ0) is 38.2. The average molecular weight is 777 g/mol. The Morgan fingerprint density at radius 3 is 2.61 bits per heavy atom. The Morgan fingerprint density at radius 2 is 1.91 bits per heavy atom. The second-order valence-electron chi connectivity index (χ2n) is 16.9. The number of hydrogen-bond donors (Lipinski definition) is 1. The van der Waals surface area contributed by atoms with Crippen LogP contribution in [0.15, 0.2) is 30.3 Å². The lowest BCUT2D eigenvalue weighted by molar-refractivity contribution is -0.145. The summed E-state index contributed by atoms with van der Waals surface area (Å²) in [6, 6.07) is 9.60. The number of nitriles is 1. The third-order valence-corrected chi connectivity index (χ3v) is 13.3. The van der Waals surface area contributed by atoms with Crippen molar-refractivity contribution < 1.29 is 28.2 Å². The van der Waals surface area contributed by atoms with Crippen molar-refractivity contribution in [3.8, 4) is 17.2 Å².